The largest absolute Gasteiger partial charge is 0.467 e. The molecule has 0 N–H and O–H groups in total. The summed E-state index contributed by atoms with van der Waals surface area (Å²) >= 11 is 0. The molecule has 26 heavy (non-hydrogen) atoms. The standard InChI is InChI=1S/C23H23NO2/c1-15-21-18-11-6-7-13-20(18)26-23(14-8-12-19(21)23)24(22(15)25)16(2)17-9-4-3-5-10-17/h3-7,9-11,13,16,19,21H,1,8,12,14H2,2H3/t16-,19+,21-,23+/m1/s1. The molecule has 1 saturated carbocycles. The van der Waals surface area contributed by atoms with Crippen LogP contribution in [-0.4, -0.2) is 16.5 Å². The quantitative estimate of drug-likeness (QED) is 0.731. The van der Waals surface area contributed by atoms with Crippen LogP contribution in [0.15, 0.2) is 66.7 Å². The van der Waals surface area contributed by atoms with Crippen LogP contribution in [0.5, 0.6) is 5.75 Å². The van der Waals surface area contributed by atoms with Crippen LogP contribution in [0.3, 0.4) is 0 Å². The van der Waals surface area contributed by atoms with Gasteiger partial charge in [-0.15, -0.1) is 0 Å². The van der Waals surface area contributed by atoms with Crippen molar-refractivity contribution >= 4 is 5.91 Å². The van der Waals surface area contributed by atoms with E-state index in [1.807, 2.05) is 41.3 Å². The minimum absolute atomic E-state index is 0.0407. The van der Waals surface area contributed by atoms with Crippen molar-refractivity contribution in [3.63, 3.8) is 0 Å². The van der Waals surface area contributed by atoms with Crippen molar-refractivity contribution in [2.24, 2.45) is 5.92 Å². The molecule has 2 aromatic carbocycles. The number of likely N-dealkylation sites (tertiary alicyclic amines) is 1. The van der Waals surface area contributed by atoms with Gasteiger partial charge in [0.25, 0.3) is 5.91 Å². The molecule has 2 aliphatic heterocycles. The summed E-state index contributed by atoms with van der Waals surface area (Å²) in [7, 11) is 0. The van der Waals surface area contributed by atoms with Crippen molar-refractivity contribution in [1.29, 1.82) is 0 Å². The minimum atomic E-state index is -0.549. The van der Waals surface area contributed by atoms with Gasteiger partial charge in [0.15, 0.2) is 5.72 Å². The van der Waals surface area contributed by atoms with E-state index in [-0.39, 0.29) is 23.8 Å². The molecule has 0 aromatic heterocycles. The van der Waals surface area contributed by atoms with E-state index in [4.69, 9.17) is 4.74 Å². The number of nitrogens with zero attached hydrogens (tertiary/aromatic N) is 1. The lowest BCUT2D eigenvalue weighted by atomic mass is 9.70. The Balaban J connectivity index is 1.68. The van der Waals surface area contributed by atoms with Crippen molar-refractivity contribution in [2.75, 3.05) is 0 Å². The van der Waals surface area contributed by atoms with Crippen LogP contribution in [0.4, 0.5) is 0 Å². The molecular formula is C23H23NO2. The Morgan fingerprint density at radius 2 is 1.88 bits per heavy atom. The van der Waals surface area contributed by atoms with E-state index in [1.54, 1.807) is 0 Å². The van der Waals surface area contributed by atoms with Crippen molar-refractivity contribution < 1.29 is 9.53 Å². The van der Waals surface area contributed by atoms with Gasteiger partial charge >= 0.3 is 0 Å². The number of rotatable bonds is 2. The van der Waals surface area contributed by atoms with Gasteiger partial charge in [-0.2, -0.15) is 0 Å². The molecule has 3 heteroatoms. The SMILES string of the molecule is C=C1C(=O)N([C@H](C)c2ccccc2)[C@]23CCC[C@H]2[C@H]1c1ccccc1O3. The molecule has 4 atom stereocenters. The number of ether oxygens (including phenoxy) is 1. The third-order valence-electron chi connectivity index (χ3n) is 6.52. The number of fused-ring (bicyclic) bond motifs is 2. The average molecular weight is 345 g/mol. The monoisotopic (exact) mass is 345 g/mol. The zero-order valence-corrected chi connectivity index (χ0v) is 15.0. The second kappa shape index (κ2) is 5.47. The Hall–Kier alpha value is -2.55. The number of para-hydroxylation sites is 1. The maximum Gasteiger partial charge on any atom is 0.253 e. The van der Waals surface area contributed by atoms with Crippen LogP contribution in [-0.2, 0) is 4.79 Å². The normalized spacial score (nSPS) is 30.4. The molecule has 2 fully saturated rings. The smallest absolute Gasteiger partial charge is 0.253 e. The number of carbonyl (C=O) groups excluding carboxylic acids is 1. The fourth-order valence-corrected chi connectivity index (χ4v) is 5.40. The Bertz CT molecular complexity index is 890. The molecule has 3 aliphatic rings. The van der Waals surface area contributed by atoms with E-state index >= 15 is 0 Å². The molecule has 132 valence electrons. The van der Waals surface area contributed by atoms with Gasteiger partial charge in [0.05, 0.1) is 6.04 Å². The summed E-state index contributed by atoms with van der Waals surface area (Å²) in [4.78, 5) is 15.4. The van der Waals surface area contributed by atoms with Gasteiger partial charge in [0, 0.05) is 29.4 Å². The summed E-state index contributed by atoms with van der Waals surface area (Å²) < 4.78 is 6.65. The number of benzene rings is 2. The Labute approximate surface area is 154 Å². The molecule has 2 heterocycles. The third-order valence-corrected chi connectivity index (χ3v) is 6.52. The fourth-order valence-electron chi connectivity index (χ4n) is 5.40. The number of hydrogen-bond acceptors (Lipinski definition) is 2. The lowest BCUT2D eigenvalue weighted by Gasteiger charge is -2.56. The first-order chi connectivity index (χ1) is 12.6. The zero-order valence-electron chi connectivity index (χ0n) is 15.0. The van der Waals surface area contributed by atoms with E-state index in [1.165, 1.54) is 0 Å². The molecule has 1 amide bonds. The number of carbonyl (C=O) groups is 1. The predicted molar refractivity (Wildman–Crippen MR) is 101 cm³/mol. The van der Waals surface area contributed by atoms with E-state index in [0.29, 0.717) is 5.57 Å². The maximum absolute atomic E-state index is 13.4. The van der Waals surface area contributed by atoms with Crippen LogP contribution in [0.25, 0.3) is 0 Å². The lowest BCUT2D eigenvalue weighted by molar-refractivity contribution is -0.180. The van der Waals surface area contributed by atoms with E-state index < -0.39 is 5.72 Å². The highest BCUT2D eigenvalue weighted by atomic mass is 16.5. The summed E-state index contributed by atoms with van der Waals surface area (Å²) in [5.41, 5.74) is 2.42. The van der Waals surface area contributed by atoms with Crippen LogP contribution < -0.4 is 4.74 Å². The van der Waals surface area contributed by atoms with Gasteiger partial charge in [0.2, 0.25) is 0 Å². The minimum Gasteiger partial charge on any atom is -0.467 e. The summed E-state index contributed by atoms with van der Waals surface area (Å²) in [5.74, 6) is 1.32. The van der Waals surface area contributed by atoms with E-state index in [9.17, 15) is 4.79 Å². The molecule has 0 unspecified atom stereocenters. The zero-order chi connectivity index (χ0) is 17.9. The Morgan fingerprint density at radius 1 is 1.15 bits per heavy atom. The highest BCUT2D eigenvalue weighted by Crippen LogP contribution is 2.60. The fraction of sp³-hybridized carbons (Fsp3) is 0.348. The molecule has 1 saturated heterocycles. The van der Waals surface area contributed by atoms with Crippen LogP contribution in [0, 0.1) is 5.92 Å². The van der Waals surface area contributed by atoms with Gasteiger partial charge in [-0.25, -0.2) is 0 Å². The number of piperidine rings is 1. The van der Waals surface area contributed by atoms with Crippen molar-refractivity contribution in [1.82, 2.24) is 4.90 Å². The number of hydrogen-bond donors (Lipinski definition) is 0. The van der Waals surface area contributed by atoms with Crippen molar-refractivity contribution in [3.8, 4) is 5.75 Å². The molecule has 0 spiro atoms. The highest BCUT2D eigenvalue weighted by molar-refractivity contribution is 5.97. The Morgan fingerprint density at radius 3 is 2.69 bits per heavy atom. The topological polar surface area (TPSA) is 29.5 Å². The third kappa shape index (κ3) is 1.91. The van der Waals surface area contributed by atoms with Crippen LogP contribution in [0.2, 0.25) is 0 Å². The molecule has 5 rings (SSSR count). The first-order valence-electron chi connectivity index (χ1n) is 9.49. The van der Waals surface area contributed by atoms with Crippen molar-refractivity contribution in [2.45, 2.75) is 43.9 Å². The Kier molecular flexibility index (Phi) is 3.30. The number of amides is 1. The summed E-state index contributed by atoms with van der Waals surface area (Å²) in [6.45, 7) is 6.36. The maximum atomic E-state index is 13.4. The van der Waals surface area contributed by atoms with Gasteiger partial charge in [-0.05, 0) is 31.4 Å². The van der Waals surface area contributed by atoms with Gasteiger partial charge in [0.1, 0.15) is 5.75 Å². The van der Waals surface area contributed by atoms with Gasteiger partial charge in [-0.3, -0.25) is 9.69 Å². The summed E-state index contributed by atoms with van der Waals surface area (Å²) in [5, 5.41) is 0. The molecule has 2 bridgehead atoms. The predicted octanol–water partition coefficient (Wildman–Crippen LogP) is 4.82. The second-order valence-corrected chi connectivity index (χ2v) is 7.75. The first-order valence-corrected chi connectivity index (χ1v) is 9.49. The molecule has 2 aromatic rings. The summed E-state index contributed by atoms with van der Waals surface area (Å²) in [6, 6.07) is 18.4. The van der Waals surface area contributed by atoms with E-state index in [2.05, 4.69) is 31.7 Å². The van der Waals surface area contributed by atoms with Gasteiger partial charge < -0.3 is 4.74 Å². The van der Waals surface area contributed by atoms with Gasteiger partial charge in [-0.1, -0.05) is 55.1 Å². The van der Waals surface area contributed by atoms with Crippen LogP contribution >= 0.6 is 0 Å². The van der Waals surface area contributed by atoms with Crippen molar-refractivity contribution in [3.05, 3.63) is 77.9 Å². The van der Waals surface area contributed by atoms with E-state index in [0.717, 1.165) is 36.1 Å². The summed E-state index contributed by atoms with van der Waals surface area (Å²) in [6.07, 6.45) is 3.04. The lowest BCUT2D eigenvalue weighted by Crippen LogP contribution is -2.65. The first kappa shape index (κ1) is 15.7. The van der Waals surface area contributed by atoms with Crippen LogP contribution in [0.1, 0.15) is 49.3 Å². The molecular weight excluding hydrogens is 322 g/mol. The second-order valence-electron chi connectivity index (χ2n) is 7.75. The molecule has 0 radical (unpaired) electrons. The molecule has 1 aliphatic carbocycles. The average Bonchev–Trinajstić information content (AvgIpc) is 3.10. The molecule has 3 nitrogen and oxygen atoms in total. The highest BCUT2D eigenvalue weighted by Gasteiger charge is 2.63.